The second-order valence-corrected chi connectivity index (χ2v) is 3.60. The third-order valence-corrected chi connectivity index (χ3v) is 1.93. The Morgan fingerprint density at radius 3 is 2.11 bits per heavy atom. The van der Waals surface area contributed by atoms with Gasteiger partial charge in [0, 0.05) is 0 Å². The smallest absolute Gasteiger partial charge is 1.00 e. The molecule has 0 aromatic heterocycles. The molecule has 0 saturated carbocycles. The first-order valence-corrected chi connectivity index (χ1v) is 4.83. The summed E-state index contributed by atoms with van der Waals surface area (Å²) in [6.45, 7) is -1.25. The molecule has 9 nitrogen and oxygen atoms in total. The number of esters is 1. The van der Waals surface area contributed by atoms with E-state index in [-0.39, 0.29) is 52.8 Å². The second-order valence-electron chi connectivity index (χ2n) is 3.60. The van der Waals surface area contributed by atoms with Crippen LogP contribution in [0, 0.1) is 0 Å². The largest absolute Gasteiger partial charge is 1.00 e. The molecule has 0 bridgehead atoms. The van der Waals surface area contributed by atoms with Crippen LogP contribution in [-0.4, -0.2) is 68.4 Å². The van der Waals surface area contributed by atoms with E-state index in [2.05, 4.69) is 4.74 Å². The molecule has 0 heterocycles. The summed E-state index contributed by atoms with van der Waals surface area (Å²) in [6.07, 6.45) is -3.57. The van der Waals surface area contributed by atoms with E-state index in [0.717, 1.165) is 0 Å². The Hall–Kier alpha value is -0.0736. The summed E-state index contributed by atoms with van der Waals surface area (Å²) >= 11 is 0. The molecule has 10 heteroatoms. The van der Waals surface area contributed by atoms with Crippen LogP contribution in [0.5, 0.6) is 0 Å². The van der Waals surface area contributed by atoms with Crippen LogP contribution < -0.4 is 51.4 Å². The van der Waals surface area contributed by atoms with Crippen LogP contribution >= 0.6 is 0 Å². The Morgan fingerprint density at radius 1 is 1.21 bits per heavy atom. The van der Waals surface area contributed by atoms with E-state index >= 15 is 0 Å². The van der Waals surface area contributed by atoms with Gasteiger partial charge in [0.25, 0.3) is 0 Å². The molecule has 19 heavy (non-hydrogen) atoms. The quantitative estimate of drug-likeness (QED) is 0.218. The number of ether oxygens (including phenoxy) is 1. The fourth-order valence-electron chi connectivity index (χ4n) is 0.996. The Balaban J connectivity index is -0.00000144. The molecule has 0 amide bonds. The molecule has 2 atom stereocenters. The average molecular weight is 306 g/mol. The van der Waals surface area contributed by atoms with Crippen LogP contribution in [0.2, 0.25) is 0 Å². The number of hydrogen-bond acceptors (Lipinski definition) is 7. The van der Waals surface area contributed by atoms with Crippen molar-refractivity contribution in [3.05, 3.63) is 0 Å². The van der Waals surface area contributed by atoms with Crippen LogP contribution in [0.4, 0.5) is 0 Å². The molecule has 106 valence electrons. The van der Waals surface area contributed by atoms with Crippen molar-refractivity contribution in [1.82, 2.24) is 0 Å². The van der Waals surface area contributed by atoms with Crippen molar-refractivity contribution in [3.8, 4) is 0 Å². The normalized spacial score (nSPS) is 14.7. The van der Waals surface area contributed by atoms with Crippen molar-refractivity contribution >= 4 is 17.9 Å². The van der Waals surface area contributed by atoms with E-state index < -0.39 is 55.7 Å². The van der Waals surface area contributed by atoms with Gasteiger partial charge in [-0.15, -0.1) is 0 Å². The maximum atomic E-state index is 11.1. The number of carboxylic acid groups (broad SMARTS) is 2. The zero-order chi connectivity index (χ0) is 14.3. The maximum absolute atomic E-state index is 11.1. The number of rotatable bonds is 8. The minimum Gasteiger partial charge on any atom is -1.00 e. The van der Waals surface area contributed by atoms with Crippen LogP contribution in [0.25, 0.3) is 0 Å². The van der Waals surface area contributed by atoms with Gasteiger partial charge in [-0.2, -0.15) is 0 Å². The second kappa shape index (κ2) is 9.77. The van der Waals surface area contributed by atoms with Gasteiger partial charge in [0.2, 0.25) is 0 Å². The van der Waals surface area contributed by atoms with Gasteiger partial charge in [-0.25, -0.2) is 4.79 Å². The fourth-order valence-corrected chi connectivity index (χ4v) is 0.996. The van der Waals surface area contributed by atoms with Crippen LogP contribution in [0.15, 0.2) is 0 Å². The molecule has 0 aromatic carbocycles. The molecule has 0 rings (SSSR count). The van der Waals surface area contributed by atoms with Crippen molar-refractivity contribution in [2.45, 2.75) is 24.5 Å². The number of aliphatic carboxylic acids is 2. The molecule has 0 saturated heterocycles. The van der Waals surface area contributed by atoms with E-state index in [9.17, 15) is 19.5 Å². The van der Waals surface area contributed by atoms with Gasteiger partial charge in [0.1, 0.15) is 12.7 Å². The van der Waals surface area contributed by atoms with Gasteiger partial charge < -0.3 is 31.7 Å². The van der Waals surface area contributed by atoms with E-state index in [1.165, 1.54) is 0 Å². The molecular weight excluding hydrogens is 291 g/mol. The van der Waals surface area contributed by atoms with Gasteiger partial charge in [0.05, 0.1) is 19.4 Å². The molecule has 2 unspecified atom stereocenters. The number of aliphatic hydroxyl groups excluding tert-OH is 2. The Labute approximate surface area is 152 Å². The fraction of sp³-hybridized carbons (Fsp3) is 0.667. The topological polar surface area (TPSA) is 162 Å². The standard InChI is InChI=1S/C9H14O9.K.H/c10-3-5(11)4-18-7(14)2-9(17,8(15)16)1-6(12)13;;/h5,10-11,17H,1-4H2,(H,12,13)(H,15,16);;/q;+1;-1. The number of hydrogen-bond donors (Lipinski definition) is 5. The number of aliphatic hydroxyl groups is 3. The predicted molar refractivity (Wildman–Crippen MR) is 54.6 cm³/mol. The monoisotopic (exact) mass is 306 g/mol. The van der Waals surface area contributed by atoms with Gasteiger partial charge >= 0.3 is 69.3 Å². The van der Waals surface area contributed by atoms with Crippen molar-refractivity contribution < 1.29 is 97.5 Å². The van der Waals surface area contributed by atoms with E-state index in [0.29, 0.717) is 0 Å². The predicted octanol–water partition coefficient (Wildman–Crippen LogP) is -5.32. The minimum absolute atomic E-state index is 0. The van der Waals surface area contributed by atoms with Crippen LogP contribution in [-0.2, 0) is 19.1 Å². The van der Waals surface area contributed by atoms with Gasteiger partial charge in [0.15, 0.2) is 5.60 Å². The Kier molecular flexibility index (Phi) is 10.9. The minimum atomic E-state index is -2.77. The zero-order valence-electron chi connectivity index (χ0n) is 11.3. The van der Waals surface area contributed by atoms with Crippen molar-refractivity contribution in [3.63, 3.8) is 0 Å². The van der Waals surface area contributed by atoms with E-state index in [1.54, 1.807) is 0 Å². The molecule has 0 aliphatic heterocycles. The summed E-state index contributed by atoms with van der Waals surface area (Å²) < 4.78 is 4.36. The van der Waals surface area contributed by atoms with E-state index in [4.69, 9.17) is 20.4 Å². The Morgan fingerprint density at radius 2 is 1.74 bits per heavy atom. The number of carbonyl (C=O) groups is 3. The summed E-state index contributed by atoms with van der Waals surface area (Å²) in [7, 11) is 0. The van der Waals surface area contributed by atoms with E-state index in [1.807, 2.05) is 0 Å². The number of carbonyl (C=O) groups excluding carboxylic acids is 1. The van der Waals surface area contributed by atoms with Crippen molar-refractivity contribution in [2.24, 2.45) is 0 Å². The Bertz CT molecular complexity index is 337. The van der Waals surface area contributed by atoms with Crippen LogP contribution in [0.1, 0.15) is 14.3 Å². The first-order chi connectivity index (χ1) is 8.21. The summed E-state index contributed by atoms with van der Waals surface area (Å²) in [5, 5.41) is 43.8. The molecule has 0 aliphatic rings. The summed E-state index contributed by atoms with van der Waals surface area (Å²) in [6, 6.07) is 0. The summed E-state index contributed by atoms with van der Waals surface area (Å²) in [5.74, 6) is -4.67. The third-order valence-electron chi connectivity index (χ3n) is 1.93. The average Bonchev–Trinajstić information content (AvgIpc) is 2.24. The molecule has 0 spiro atoms. The molecule has 0 aromatic rings. The summed E-state index contributed by atoms with van der Waals surface area (Å²) in [4.78, 5) is 32.2. The molecule has 0 fully saturated rings. The first-order valence-electron chi connectivity index (χ1n) is 4.83. The van der Waals surface area contributed by atoms with Crippen LogP contribution in [0.3, 0.4) is 0 Å². The SMILES string of the molecule is O=C(O)CC(O)(CC(=O)OCC(O)CO)C(=O)O.[H-].[K+]. The molecular formula is C9H15KO9. The molecule has 0 radical (unpaired) electrons. The summed E-state index contributed by atoms with van der Waals surface area (Å²) in [5.41, 5.74) is -2.77. The first kappa shape index (κ1) is 21.2. The maximum Gasteiger partial charge on any atom is 1.00 e. The third kappa shape index (κ3) is 8.65. The van der Waals surface area contributed by atoms with Crippen molar-refractivity contribution in [1.29, 1.82) is 0 Å². The van der Waals surface area contributed by atoms with Gasteiger partial charge in [-0.05, 0) is 0 Å². The molecule has 5 N–H and O–H groups in total. The number of carboxylic acids is 2. The molecule has 0 aliphatic carbocycles. The van der Waals surface area contributed by atoms with Crippen molar-refractivity contribution in [2.75, 3.05) is 13.2 Å². The van der Waals surface area contributed by atoms with Gasteiger partial charge in [-0.1, -0.05) is 0 Å². The zero-order valence-corrected chi connectivity index (χ0v) is 13.4. The van der Waals surface area contributed by atoms with Gasteiger partial charge in [-0.3, -0.25) is 9.59 Å².